The van der Waals surface area contributed by atoms with Crippen LogP contribution in [0.5, 0.6) is 5.75 Å². The number of phenols is 1. The summed E-state index contributed by atoms with van der Waals surface area (Å²) in [6.07, 6.45) is 0. The van der Waals surface area contributed by atoms with Crippen LogP contribution in [0.15, 0.2) is 57.7 Å². The molecule has 3 rings (SSSR count). The molecule has 0 aliphatic rings. The Balaban J connectivity index is 1.94. The van der Waals surface area contributed by atoms with Crippen molar-refractivity contribution in [2.45, 2.75) is 0 Å². The lowest BCUT2D eigenvalue weighted by Crippen LogP contribution is -2.20. The van der Waals surface area contributed by atoms with Crippen molar-refractivity contribution < 1.29 is 24.2 Å². The van der Waals surface area contributed by atoms with Crippen LogP contribution in [0.2, 0.25) is 0 Å². The van der Waals surface area contributed by atoms with E-state index < -0.39 is 23.3 Å². The highest BCUT2D eigenvalue weighted by molar-refractivity contribution is 6.06. The van der Waals surface area contributed by atoms with Crippen LogP contribution in [-0.2, 0) is 0 Å². The Hall–Kier alpha value is -3.61. The average Bonchev–Trinajstić information content (AvgIpc) is 2.55. The first-order chi connectivity index (χ1) is 11.5. The number of hydrogen-bond acceptors (Lipinski definition) is 5. The molecular weight excluding hydrogens is 314 g/mol. The zero-order valence-electron chi connectivity index (χ0n) is 12.1. The zero-order chi connectivity index (χ0) is 17.3. The molecule has 0 aliphatic heterocycles. The monoisotopic (exact) mass is 325 g/mol. The van der Waals surface area contributed by atoms with Crippen molar-refractivity contribution in [3.8, 4) is 5.75 Å². The Bertz CT molecular complexity index is 1020. The summed E-state index contributed by atoms with van der Waals surface area (Å²) in [5.41, 5.74) is -0.829. The minimum atomic E-state index is -1.21. The lowest BCUT2D eigenvalue weighted by atomic mass is 10.1. The van der Waals surface area contributed by atoms with Crippen LogP contribution < -0.4 is 10.9 Å². The van der Waals surface area contributed by atoms with Gasteiger partial charge in [0.15, 0.2) is 0 Å². The molecule has 0 radical (unpaired) electrons. The number of benzene rings is 2. The number of carbonyl (C=O) groups is 2. The third-order valence-electron chi connectivity index (χ3n) is 3.38. The number of carboxylic acids is 1. The van der Waals surface area contributed by atoms with Gasteiger partial charge in [0.1, 0.15) is 16.9 Å². The third-order valence-corrected chi connectivity index (χ3v) is 3.38. The molecule has 1 amide bonds. The van der Waals surface area contributed by atoms with Crippen molar-refractivity contribution in [2.75, 3.05) is 5.32 Å². The highest BCUT2D eigenvalue weighted by Gasteiger charge is 2.16. The van der Waals surface area contributed by atoms with Crippen molar-refractivity contribution >= 4 is 28.5 Å². The van der Waals surface area contributed by atoms with Gasteiger partial charge in [0.2, 0.25) is 0 Å². The summed E-state index contributed by atoms with van der Waals surface area (Å²) in [4.78, 5) is 35.0. The van der Waals surface area contributed by atoms with Gasteiger partial charge in [-0.25, -0.2) is 9.59 Å². The van der Waals surface area contributed by atoms with Crippen LogP contribution in [0, 0.1) is 0 Å². The fraction of sp³-hybridized carbons (Fsp3) is 0. The SMILES string of the molecule is O=C(O)c1ccc(NC(=O)c2cc3ccccc3oc2=O)c(O)c1. The van der Waals surface area contributed by atoms with Gasteiger partial charge in [0.25, 0.3) is 5.91 Å². The smallest absolute Gasteiger partial charge is 0.349 e. The second kappa shape index (κ2) is 5.88. The maximum absolute atomic E-state index is 12.3. The molecule has 2 aromatic carbocycles. The minimum Gasteiger partial charge on any atom is -0.506 e. The molecule has 120 valence electrons. The summed E-state index contributed by atoms with van der Waals surface area (Å²) in [5, 5.41) is 21.6. The predicted molar refractivity (Wildman–Crippen MR) is 85.5 cm³/mol. The van der Waals surface area contributed by atoms with E-state index in [2.05, 4.69) is 5.32 Å². The third kappa shape index (κ3) is 2.82. The summed E-state index contributed by atoms with van der Waals surface area (Å²) in [6.45, 7) is 0. The van der Waals surface area contributed by atoms with Gasteiger partial charge in [0.05, 0.1) is 11.3 Å². The molecule has 0 saturated heterocycles. The number of rotatable bonds is 3. The van der Waals surface area contributed by atoms with E-state index in [-0.39, 0.29) is 16.8 Å². The highest BCUT2D eigenvalue weighted by Crippen LogP contribution is 2.25. The van der Waals surface area contributed by atoms with Crippen LogP contribution in [0.4, 0.5) is 5.69 Å². The van der Waals surface area contributed by atoms with Crippen LogP contribution in [0.25, 0.3) is 11.0 Å². The number of para-hydroxylation sites is 1. The van der Waals surface area contributed by atoms with Crippen molar-refractivity contribution in [3.05, 3.63) is 70.1 Å². The van der Waals surface area contributed by atoms with E-state index in [9.17, 15) is 19.5 Å². The second-order valence-electron chi connectivity index (χ2n) is 4.98. The van der Waals surface area contributed by atoms with Crippen LogP contribution in [-0.4, -0.2) is 22.1 Å². The van der Waals surface area contributed by atoms with E-state index >= 15 is 0 Å². The van der Waals surface area contributed by atoms with Crippen molar-refractivity contribution in [2.24, 2.45) is 0 Å². The number of fused-ring (bicyclic) bond motifs is 1. The molecule has 0 saturated carbocycles. The summed E-state index contributed by atoms with van der Waals surface area (Å²) >= 11 is 0. The lowest BCUT2D eigenvalue weighted by Gasteiger charge is -2.08. The Kier molecular flexibility index (Phi) is 3.75. The number of amides is 1. The van der Waals surface area contributed by atoms with E-state index in [1.54, 1.807) is 24.3 Å². The summed E-state index contributed by atoms with van der Waals surface area (Å²) in [5.74, 6) is -2.40. The van der Waals surface area contributed by atoms with Gasteiger partial charge in [-0.1, -0.05) is 18.2 Å². The lowest BCUT2D eigenvalue weighted by molar-refractivity contribution is 0.0696. The Morgan fingerprint density at radius 1 is 1.04 bits per heavy atom. The normalized spacial score (nSPS) is 10.5. The molecule has 1 aromatic heterocycles. The fourth-order valence-corrected chi connectivity index (χ4v) is 2.18. The zero-order valence-corrected chi connectivity index (χ0v) is 12.1. The number of phenolic OH excluding ortho intramolecular Hbond substituents is 1. The molecule has 3 N–H and O–H groups in total. The van der Waals surface area contributed by atoms with Crippen LogP contribution in [0.3, 0.4) is 0 Å². The van der Waals surface area contributed by atoms with Gasteiger partial charge in [-0.15, -0.1) is 0 Å². The first-order valence-corrected chi connectivity index (χ1v) is 6.86. The Morgan fingerprint density at radius 2 is 1.79 bits per heavy atom. The highest BCUT2D eigenvalue weighted by atomic mass is 16.4. The number of anilines is 1. The molecule has 0 spiro atoms. The molecule has 0 fully saturated rings. The van der Waals surface area contributed by atoms with E-state index in [1.807, 2.05) is 0 Å². The minimum absolute atomic E-state index is 0.0161. The van der Waals surface area contributed by atoms with Crippen LogP contribution in [0.1, 0.15) is 20.7 Å². The first kappa shape index (κ1) is 15.3. The molecule has 7 heteroatoms. The number of hydrogen-bond donors (Lipinski definition) is 3. The maximum Gasteiger partial charge on any atom is 0.349 e. The molecule has 7 nitrogen and oxygen atoms in total. The fourth-order valence-electron chi connectivity index (χ4n) is 2.18. The van der Waals surface area contributed by atoms with Crippen LogP contribution >= 0.6 is 0 Å². The maximum atomic E-state index is 12.3. The Morgan fingerprint density at radius 3 is 2.50 bits per heavy atom. The molecule has 0 bridgehead atoms. The number of aromatic hydroxyl groups is 1. The van der Waals surface area contributed by atoms with Gasteiger partial charge in [0, 0.05) is 5.39 Å². The molecule has 24 heavy (non-hydrogen) atoms. The van der Waals surface area contributed by atoms with Crippen molar-refractivity contribution in [1.29, 1.82) is 0 Å². The average molecular weight is 325 g/mol. The number of aromatic carboxylic acids is 1. The van der Waals surface area contributed by atoms with E-state index in [4.69, 9.17) is 9.52 Å². The molecule has 0 aliphatic carbocycles. The van der Waals surface area contributed by atoms with E-state index in [0.29, 0.717) is 11.0 Å². The molecule has 0 unspecified atom stereocenters. The summed E-state index contributed by atoms with van der Waals surface area (Å²) in [6, 6.07) is 11.6. The van der Waals surface area contributed by atoms with E-state index in [0.717, 1.165) is 6.07 Å². The van der Waals surface area contributed by atoms with Gasteiger partial charge in [-0.05, 0) is 30.3 Å². The van der Waals surface area contributed by atoms with Gasteiger partial charge in [-0.3, -0.25) is 4.79 Å². The quantitative estimate of drug-likeness (QED) is 0.503. The van der Waals surface area contributed by atoms with Crippen molar-refractivity contribution in [1.82, 2.24) is 0 Å². The standard InChI is InChI=1S/C17H11NO6/c19-13-8-10(16(21)22)5-6-12(13)18-15(20)11-7-9-3-1-2-4-14(9)24-17(11)23/h1-8,19H,(H,18,20)(H,21,22). The topological polar surface area (TPSA) is 117 Å². The van der Waals surface area contributed by atoms with E-state index in [1.165, 1.54) is 18.2 Å². The summed E-state index contributed by atoms with van der Waals surface area (Å²) in [7, 11) is 0. The van der Waals surface area contributed by atoms with Crippen molar-refractivity contribution in [3.63, 3.8) is 0 Å². The molecule has 0 atom stereocenters. The molecule has 3 aromatic rings. The predicted octanol–water partition coefficient (Wildman–Crippen LogP) is 2.45. The number of carboxylic acid groups (broad SMARTS) is 1. The van der Waals surface area contributed by atoms with Gasteiger partial charge < -0.3 is 19.9 Å². The molecular formula is C17H11NO6. The van der Waals surface area contributed by atoms with Gasteiger partial charge >= 0.3 is 11.6 Å². The Labute approximate surface area is 134 Å². The largest absolute Gasteiger partial charge is 0.506 e. The second-order valence-corrected chi connectivity index (χ2v) is 4.98. The van der Waals surface area contributed by atoms with Gasteiger partial charge in [-0.2, -0.15) is 0 Å². The molecule has 1 heterocycles. The number of carbonyl (C=O) groups excluding carboxylic acids is 1. The summed E-state index contributed by atoms with van der Waals surface area (Å²) < 4.78 is 5.08. The number of nitrogens with one attached hydrogen (secondary N) is 1. The first-order valence-electron chi connectivity index (χ1n) is 6.86.